The van der Waals surface area contributed by atoms with Crippen LogP contribution in [-0.2, 0) is 0 Å². The van der Waals surface area contributed by atoms with E-state index in [1.165, 1.54) is 21.2 Å². The molecule has 0 fully saturated rings. The molecular formula is C19H23ClN2S. The van der Waals surface area contributed by atoms with Crippen molar-refractivity contribution in [3.05, 3.63) is 47.5 Å². The Morgan fingerprint density at radius 1 is 1.00 bits per heavy atom. The standard InChI is InChI=1S/C19H23ClN2S/c1-3-21(4-2)12-7-13-22-16-8-5-6-9-18(16)23-19-14-15(20)10-11-17(19)22/h5-6,8-11,14H,3-4,7,12-13H2,1-2H3. The molecule has 0 bridgehead atoms. The third kappa shape index (κ3) is 3.68. The van der Waals surface area contributed by atoms with Gasteiger partial charge >= 0.3 is 0 Å². The summed E-state index contributed by atoms with van der Waals surface area (Å²) in [6.07, 6.45) is 1.16. The van der Waals surface area contributed by atoms with Gasteiger partial charge in [0.1, 0.15) is 0 Å². The Balaban J connectivity index is 1.84. The van der Waals surface area contributed by atoms with Gasteiger partial charge in [0.05, 0.1) is 11.4 Å². The van der Waals surface area contributed by atoms with Gasteiger partial charge in [-0.2, -0.15) is 0 Å². The van der Waals surface area contributed by atoms with Crippen LogP contribution >= 0.6 is 23.4 Å². The van der Waals surface area contributed by atoms with Crippen LogP contribution in [0.2, 0.25) is 5.02 Å². The highest BCUT2D eigenvalue weighted by Gasteiger charge is 2.23. The number of benzene rings is 2. The molecule has 0 radical (unpaired) electrons. The second-order valence-corrected chi connectivity index (χ2v) is 7.23. The minimum absolute atomic E-state index is 0.804. The van der Waals surface area contributed by atoms with Gasteiger partial charge in [-0.1, -0.05) is 49.3 Å². The summed E-state index contributed by atoms with van der Waals surface area (Å²) in [5.41, 5.74) is 2.59. The van der Waals surface area contributed by atoms with Crippen LogP contribution in [0.3, 0.4) is 0 Å². The zero-order chi connectivity index (χ0) is 16.2. The van der Waals surface area contributed by atoms with Crippen molar-refractivity contribution < 1.29 is 0 Å². The van der Waals surface area contributed by atoms with Crippen LogP contribution in [0.4, 0.5) is 11.4 Å². The van der Waals surface area contributed by atoms with E-state index in [1.54, 1.807) is 0 Å². The van der Waals surface area contributed by atoms with Gasteiger partial charge in [0.25, 0.3) is 0 Å². The highest BCUT2D eigenvalue weighted by atomic mass is 35.5. The summed E-state index contributed by atoms with van der Waals surface area (Å²) in [6, 6.07) is 14.9. The molecule has 0 aromatic heterocycles. The fourth-order valence-electron chi connectivity index (χ4n) is 3.04. The lowest BCUT2D eigenvalue weighted by molar-refractivity contribution is 0.301. The molecule has 2 aromatic rings. The van der Waals surface area contributed by atoms with Crippen LogP contribution in [0.15, 0.2) is 52.3 Å². The summed E-state index contributed by atoms with van der Waals surface area (Å²) in [6.45, 7) is 8.87. The van der Waals surface area contributed by atoms with Gasteiger partial charge in [-0.05, 0) is 56.4 Å². The topological polar surface area (TPSA) is 6.48 Å². The lowest BCUT2D eigenvalue weighted by Gasteiger charge is -2.33. The Morgan fingerprint density at radius 2 is 1.74 bits per heavy atom. The smallest absolute Gasteiger partial charge is 0.0553 e. The predicted molar refractivity (Wildman–Crippen MR) is 101 cm³/mol. The summed E-state index contributed by atoms with van der Waals surface area (Å²) in [4.78, 5) is 7.48. The number of anilines is 2. The molecule has 2 nitrogen and oxygen atoms in total. The quantitative estimate of drug-likeness (QED) is 0.664. The maximum atomic E-state index is 6.20. The third-order valence-electron chi connectivity index (χ3n) is 4.34. The first kappa shape index (κ1) is 16.7. The molecule has 3 rings (SSSR count). The van der Waals surface area contributed by atoms with Gasteiger partial charge in [-0.25, -0.2) is 0 Å². The molecule has 0 saturated carbocycles. The summed E-state index contributed by atoms with van der Waals surface area (Å²) >= 11 is 8.01. The van der Waals surface area contributed by atoms with Crippen molar-refractivity contribution in [2.45, 2.75) is 30.1 Å². The van der Waals surface area contributed by atoms with Crippen molar-refractivity contribution in [3.8, 4) is 0 Å². The first-order valence-corrected chi connectivity index (χ1v) is 9.48. The van der Waals surface area contributed by atoms with E-state index in [2.05, 4.69) is 60.0 Å². The molecule has 0 aliphatic carbocycles. The number of rotatable bonds is 6. The van der Waals surface area contributed by atoms with Gasteiger partial charge in [0.15, 0.2) is 0 Å². The van der Waals surface area contributed by atoms with E-state index >= 15 is 0 Å². The molecular weight excluding hydrogens is 324 g/mol. The Kier molecular flexibility index (Phi) is 5.52. The zero-order valence-corrected chi connectivity index (χ0v) is 15.3. The minimum atomic E-state index is 0.804. The van der Waals surface area contributed by atoms with Gasteiger partial charge in [0, 0.05) is 21.4 Å². The molecule has 4 heteroatoms. The van der Waals surface area contributed by atoms with Crippen LogP contribution in [0.1, 0.15) is 20.3 Å². The van der Waals surface area contributed by atoms with E-state index in [9.17, 15) is 0 Å². The third-order valence-corrected chi connectivity index (χ3v) is 5.69. The minimum Gasteiger partial charge on any atom is -0.340 e. The molecule has 0 atom stereocenters. The molecule has 1 aliphatic heterocycles. The lowest BCUT2D eigenvalue weighted by atomic mass is 10.2. The molecule has 2 aromatic carbocycles. The molecule has 122 valence electrons. The van der Waals surface area contributed by atoms with Crippen LogP contribution in [0.5, 0.6) is 0 Å². The van der Waals surface area contributed by atoms with Gasteiger partial charge in [-0.15, -0.1) is 0 Å². The molecule has 0 spiro atoms. The molecule has 0 saturated heterocycles. The Morgan fingerprint density at radius 3 is 2.52 bits per heavy atom. The molecule has 0 N–H and O–H groups in total. The van der Waals surface area contributed by atoms with Gasteiger partial charge < -0.3 is 9.80 Å². The zero-order valence-electron chi connectivity index (χ0n) is 13.8. The summed E-state index contributed by atoms with van der Waals surface area (Å²) in [5, 5.41) is 0.804. The average molecular weight is 347 g/mol. The van der Waals surface area contributed by atoms with Crippen LogP contribution < -0.4 is 4.90 Å². The summed E-state index contributed by atoms with van der Waals surface area (Å²) in [7, 11) is 0. The Labute approximate surface area is 148 Å². The SMILES string of the molecule is CCN(CC)CCCN1c2ccccc2Sc2cc(Cl)ccc21. The maximum absolute atomic E-state index is 6.20. The average Bonchev–Trinajstić information content (AvgIpc) is 2.57. The highest BCUT2D eigenvalue weighted by molar-refractivity contribution is 7.99. The van der Waals surface area contributed by atoms with E-state index in [0.29, 0.717) is 0 Å². The van der Waals surface area contributed by atoms with Crippen LogP contribution in [0.25, 0.3) is 0 Å². The van der Waals surface area contributed by atoms with Gasteiger partial charge in [-0.3, -0.25) is 0 Å². The number of para-hydroxylation sites is 1. The molecule has 1 aliphatic rings. The maximum Gasteiger partial charge on any atom is 0.0553 e. The van der Waals surface area contributed by atoms with E-state index in [-0.39, 0.29) is 0 Å². The van der Waals surface area contributed by atoms with Crippen molar-refractivity contribution in [2.75, 3.05) is 31.1 Å². The summed E-state index contributed by atoms with van der Waals surface area (Å²) in [5.74, 6) is 0. The van der Waals surface area contributed by atoms with Crippen molar-refractivity contribution in [2.24, 2.45) is 0 Å². The van der Waals surface area contributed by atoms with Crippen molar-refractivity contribution in [3.63, 3.8) is 0 Å². The van der Waals surface area contributed by atoms with E-state index in [1.807, 2.05) is 17.8 Å². The highest BCUT2D eigenvalue weighted by Crippen LogP contribution is 2.48. The molecule has 23 heavy (non-hydrogen) atoms. The number of halogens is 1. The first-order valence-electron chi connectivity index (χ1n) is 8.29. The Hall–Kier alpha value is -1.16. The Bertz CT molecular complexity index is 670. The first-order chi connectivity index (χ1) is 11.2. The second kappa shape index (κ2) is 7.61. The van der Waals surface area contributed by atoms with E-state index in [4.69, 9.17) is 11.6 Å². The predicted octanol–water partition coefficient (Wildman–Crippen LogP) is 5.67. The number of hydrogen-bond donors (Lipinski definition) is 0. The van der Waals surface area contributed by atoms with Gasteiger partial charge in [0.2, 0.25) is 0 Å². The largest absolute Gasteiger partial charge is 0.340 e. The number of fused-ring (bicyclic) bond motifs is 2. The molecule has 0 unspecified atom stereocenters. The number of nitrogens with zero attached hydrogens (tertiary/aromatic N) is 2. The van der Waals surface area contributed by atoms with Crippen LogP contribution in [-0.4, -0.2) is 31.1 Å². The van der Waals surface area contributed by atoms with Crippen molar-refractivity contribution in [1.29, 1.82) is 0 Å². The monoisotopic (exact) mass is 346 g/mol. The number of hydrogen-bond acceptors (Lipinski definition) is 3. The van der Waals surface area contributed by atoms with Crippen LogP contribution in [0, 0.1) is 0 Å². The van der Waals surface area contributed by atoms with E-state index < -0.39 is 0 Å². The van der Waals surface area contributed by atoms with E-state index in [0.717, 1.165) is 37.6 Å². The lowest BCUT2D eigenvalue weighted by Crippen LogP contribution is -2.28. The second-order valence-electron chi connectivity index (χ2n) is 5.71. The van der Waals surface area contributed by atoms with Crippen molar-refractivity contribution >= 4 is 34.7 Å². The fourth-order valence-corrected chi connectivity index (χ4v) is 4.41. The molecule has 0 amide bonds. The fraction of sp³-hybridized carbons (Fsp3) is 0.368. The molecule has 1 heterocycles. The van der Waals surface area contributed by atoms with Crippen molar-refractivity contribution in [1.82, 2.24) is 4.90 Å². The normalized spacial score (nSPS) is 13.1. The summed E-state index contributed by atoms with van der Waals surface area (Å²) < 4.78 is 0.